The summed E-state index contributed by atoms with van der Waals surface area (Å²) in [5.41, 5.74) is 0. The zero-order valence-corrected chi connectivity index (χ0v) is 9.80. The predicted molar refractivity (Wildman–Crippen MR) is 60.9 cm³/mol. The fourth-order valence-corrected chi connectivity index (χ4v) is 1.24. The molecule has 7 nitrogen and oxygen atoms in total. The van der Waals surface area contributed by atoms with E-state index in [1.165, 1.54) is 12.3 Å². The molecule has 0 bridgehead atoms. The summed E-state index contributed by atoms with van der Waals surface area (Å²) in [6.45, 7) is 1.34. The number of rotatable bonds is 6. The molecule has 0 aromatic carbocycles. The second-order valence-corrected chi connectivity index (χ2v) is 3.53. The molecule has 0 aliphatic rings. The number of furan rings is 1. The third-order valence-corrected chi connectivity index (χ3v) is 2.20. The molecule has 3 N–H and O–H groups in total. The summed E-state index contributed by atoms with van der Waals surface area (Å²) >= 11 is 0. The fraction of sp³-hybridized carbons (Fsp3) is 0.364. The van der Waals surface area contributed by atoms with Crippen LogP contribution in [-0.4, -0.2) is 35.5 Å². The standard InChI is InChI=1S/C11H14N2O5/c1-2-7(11(16)17)13-9(14)6-12-10(15)8-4-3-5-18-8/h3-5,7H,2,6H2,1H3,(H,12,15)(H,13,14)(H,16,17)/t7-/m1/s1. The van der Waals surface area contributed by atoms with Crippen molar-refractivity contribution in [3.8, 4) is 0 Å². The highest BCUT2D eigenvalue weighted by Crippen LogP contribution is 1.98. The Morgan fingerprint density at radius 1 is 1.44 bits per heavy atom. The number of aliphatic carboxylic acids is 1. The van der Waals surface area contributed by atoms with Crippen molar-refractivity contribution in [3.63, 3.8) is 0 Å². The van der Waals surface area contributed by atoms with Crippen LogP contribution in [0.5, 0.6) is 0 Å². The third kappa shape index (κ3) is 3.93. The highest BCUT2D eigenvalue weighted by Gasteiger charge is 2.18. The van der Waals surface area contributed by atoms with Gasteiger partial charge in [-0.2, -0.15) is 0 Å². The third-order valence-electron chi connectivity index (χ3n) is 2.20. The van der Waals surface area contributed by atoms with Gasteiger partial charge in [0, 0.05) is 0 Å². The van der Waals surface area contributed by atoms with E-state index < -0.39 is 23.8 Å². The highest BCUT2D eigenvalue weighted by molar-refractivity contribution is 5.94. The van der Waals surface area contributed by atoms with E-state index >= 15 is 0 Å². The first kappa shape index (κ1) is 13.8. The van der Waals surface area contributed by atoms with Crippen LogP contribution in [-0.2, 0) is 9.59 Å². The number of nitrogens with one attached hydrogen (secondary N) is 2. The zero-order valence-electron chi connectivity index (χ0n) is 9.80. The number of hydrogen-bond acceptors (Lipinski definition) is 4. The summed E-state index contributed by atoms with van der Waals surface area (Å²) < 4.78 is 4.83. The molecule has 1 rings (SSSR count). The van der Waals surface area contributed by atoms with Gasteiger partial charge in [0.1, 0.15) is 6.04 Å². The van der Waals surface area contributed by atoms with Gasteiger partial charge >= 0.3 is 5.97 Å². The number of carbonyl (C=O) groups is 3. The van der Waals surface area contributed by atoms with Crippen LogP contribution >= 0.6 is 0 Å². The number of carboxylic acids is 1. The molecule has 0 saturated heterocycles. The summed E-state index contributed by atoms with van der Waals surface area (Å²) in [5.74, 6) is -2.11. The summed E-state index contributed by atoms with van der Waals surface area (Å²) in [6.07, 6.45) is 1.61. The molecule has 1 heterocycles. The Kier molecular flexibility index (Phi) is 4.91. The van der Waals surface area contributed by atoms with Gasteiger partial charge in [-0.1, -0.05) is 6.92 Å². The van der Waals surface area contributed by atoms with Crippen LogP contribution in [0, 0.1) is 0 Å². The molecule has 7 heteroatoms. The van der Waals surface area contributed by atoms with Crippen LogP contribution in [0.3, 0.4) is 0 Å². The summed E-state index contributed by atoms with van der Waals surface area (Å²) in [7, 11) is 0. The molecule has 0 unspecified atom stereocenters. The Balaban J connectivity index is 2.37. The van der Waals surface area contributed by atoms with E-state index in [-0.39, 0.29) is 18.7 Å². The van der Waals surface area contributed by atoms with Gasteiger partial charge in [0.05, 0.1) is 12.8 Å². The van der Waals surface area contributed by atoms with E-state index in [1.807, 2.05) is 0 Å². The van der Waals surface area contributed by atoms with E-state index in [1.54, 1.807) is 13.0 Å². The minimum absolute atomic E-state index is 0.0908. The normalized spacial score (nSPS) is 11.6. The maximum atomic E-state index is 11.4. The van der Waals surface area contributed by atoms with Crippen LogP contribution in [0.2, 0.25) is 0 Å². The van der Waals surface area contributed by atoms with Crippen molar-refractivity contribution < 1.29 is 23.9 Å². The molecule has 0 radical (unpaired) electrons. The van der Waals surface area contributed by atoms with Crippen molar-refractivity contribution in [2.75, 3.05) is 6.54 Å². The van der Waals surface area contributed by atoms with Gasteiger partial charge in [-0.3, -0.25) is 9.59 Å². The van der Waals surface area contributed by atoms with Crippen molar-refractivity contribution in [2.45, 2.75) is 19.4 Å². The first-order valence-corrected chi connectivity index (χ1v) is 5.38. The van der Waals surface area contributed by atoms with Crippen LogP contribution in [0.1, 0.15) is 23.9 Å². The van der Waals surface area contributed by atoms with E-state index in [0.717, 1.165) is 0 Å². The van der Waals surface area contributed by atoms with Crippen molar-refractivity contribution in [2.24, 2.45) is 0 Å². The van der Waals surface area contributed by atoms with Gasteiger partial charge in [-0.15, -0.1) is 0 Å². The van der Waals surface area contributed by atoms with Gasteiger partial charge < -0.3 is 20.2 Å². The van der Waals surface area contributed by atoms with Gasteiger partial charge in [-0.05, 0) is 18.6 Å². The van der Waals surface area contributed by atoms with E-state index in [0.29, 0.717) is 0 Å². The topological polar surface area (TPSA) is 109 Å². The average Bonchev–Trinajstić information content (AvgIpc) is 2.86. The Morgan fingerprint density at radius 3 is 2.67 bits per heavy atom. The Morgan fingerprint density at radius 2 is 2.17 bits per heavy atom. The highest BCUT2D eigenvalue weighted by atomic mass is 16.4. The molecule has 0 spiro atoms. The largest absolute Gasteiger partial charge is 0.480 e. The second-order valence-electron chi connectivity index (χ2n) is 3.53. The molecule has 2 amide bonds. The lowest BCUT2D eigenvalue weighted by atomic mass is 10.2. The Hall–Kier alpha value is -2.31. The number of carbonyl (C=O) groups excluding carboxylic acids is 2. The first-order valence-electron chi connectivity index (χ1n) is 5.38. The summed E-state index contributed by atoms with van der Waals surface area (Å²) in [4.78, 5) is 33.4. The first-order chi connectivity index (χ1) is 8.54. The lowest BCUT2D eigenvalue weighted by molar-refractivity contribution is -0.141. The smallest absolute Gasteiger partial charge is 0.326 e. The number of amides is 2. The molecule has 1 atom stereocenters. The molecule has 1 aromatic rings. The number of hydrogen-bond donors (Lipinski definition) is 3. The molecule has 98 valence electrons. The zero-order chi connectivity index (χ0) is 13.5. The van der Waals surface area contributed by atoms with Crippen molar-refractivity contribution in [3.05, 3.63) is 24.2 Å². The number of carboxylic acid groups (broad SMARTS) is 1. The maximum absolute atomic E-state index is 11.4. The monoisotopic (exact) mass is 254 g/mol. The van der Waals surface area contributed by atoms with Gasteiger partial charge in [0.15, 0.2) is 5.76 Å². The summed E-state index contributed by atoms with van der Waals surface area (Å²) in [6, 6.07) is 2.06. The van der Waals surface area contributed by atoms with Crippen LogP contribution in [0.4, 0.5) is 0 Å². The van der Waals surface area contributed by atoms with Crippen LogP contribution < -0.4 is 10.6 Å². The molecule has 18 heavy (non-hydrogen) atoms. The fourth-order valence-electron chi connectivity index (χ4n) is 1.24. The quantitative estimate of drug-likeness (QED) is 0.661. The predicted octanol–water partition coefficient (Wildman–Crippen LogP) is -0.0112. The van der Waals surface area contributed by atoms with Crippen molar-refractivity contribution in [1.29, 1.82) is 0 Å². The molecule has 0 aliphatic carbocycles. The maximum Gasteiger partial charge on any atom is 0.326 e. The molecular formula is C11H14N2O5. The molecule has 1 aromatic heterocycles. The minimum atomic E-state index is -1.11. The Labute approximate surface area is 103 Å². The van der Waals surface area contributed by atoms with Crippen LogP contribution in [0.15, 0.2) is 22.8 Å². The molecule has 0 fully saturated rings. The minimum Gasteiger partial charge on any atom is -0.480 e. The average molecular weight is 254 g/mol. The van der Waals surface area contributed by atoms with Gasteiger partial charge in [0.2, 0.25) is 5.91 Å². The van der Waals surface area contributed by atoms with E-state index in [4.69, 9.17) is 9.52 Å². The van der Waals surface area contributed by atoms with E-state index in [2.05, 4.69) is 10.6 Å². The van der Waals surface area contributed by atoms with Gasteiger partial charge in [-0.25, -0.2) is 4.79 Å². The Bertz CT molecular complexity index is 427. The van der Waals surface area contributed by atoms with Crippen molar-refractivity contribution in [1.82, 2.24) is 10.6 Å². The molecule has 0 saturated carbocycles. The lowest BCUT2D eigenvalue weighted by Crippen LogP contribution is -2.45. The summed E-state index contributed by atoms with van der Waals surface area (Å²) in [5, 5.41) is 13.3. The van der Waals surface area contributed by atoms with Crippen LogP contribution in [0.25, 0.3) is 0 Å². The van der Waals surface area contributed by atoms with Crippen molar-refractivity contribution >= 4 is 17.8 Å². The van der Waals surface area contributed by atoms with Gasteiger partial charge in [0.25, 0.3) is 5.91 Å². The van der Waals surface area contributed by atoms with E-state index in [9.17, 15) is 14.4 Å². The molecule has 0 aliphatic heterocycles. The second kappa shape index (κ2) is 6.43. The lowest BCUT2D eigenvalue weighted by Gasteiger charge is -2.12. The SMILES string of the molecule is CC[C@@H](NC(=O)CNC(=O)c1ccco1)C(=O)O. The molecular weight excluding hydrogens is 240 g/mol.